The molecule has 0 bridgehead atoms. The van der Waals surface area contributed by atoms with E-state index in [9.17, 15) is 13.6 Å². The van der Waals surface area contributed by atoms with Crippen LogP contribution in [0.5, 0.6) is 0 Å². The molecule has 1 saturated heterocycles. The van der Waals surface area contributed by atoms with Crippen molar-refractivity contribution in [2.45, 2.75) is 19.3 Å². The molecule has 1 aliphatic heterocycles. The molecule has 166 valence electrons. The highest BCUT2D eigenvalue weighted by Crippen LogP contribution is 2.34. The molecule has 3 heterocycles. The molecule has 0 unspecified atom stereocenters. The molecule has 0 radical (unpaired) electrons. The monoisotopic (exact) mass is 449 g/mol. The Morgan fingerprint density at radius 3 is 2.45 bits per heavy atom. The van der Waals surface area contributed by atoms with Crippen molar-refractivity contribution in [3.63, 3.8) is 0 Å². The van der Waals surface area contributed by atoms with Gasteiger partial charge in [0, 0.05) is 20.1 Å². The van der Waals surface area contributed by atoms with Crippen molar-refractivity contribution in [1.29, 1.82) is 0 Å². The summed E-state index contributed by atoms with van der Waals surface area (Å²) in [6.45, 7) is 1.77. The van der Waals surface area contributed by atoms with Gasteiger partial charge in [0.1, 0.15) is 27.3 Å². The number of hydrogen-bond acceptors (Lipinski definition) is 7. The molecule has 5 N–H and O–H groups in total. The summed E-state index contributed by atoms with van der Waals surface area (Å²) < 4.78 is 29.8. The summed E-state index contributed by atoms with van der Waals surface area (Å²) in [6, 6.07) is 3.54. The van der Waals surface area contributed by atoms with Crippen molar-refractivity contribution in [1.82, 2.24) is 14.8 Å². The number of carbonyl (C=O) groups excluding carboxylic acids is 1. The van der Waals surface area contributed by atoms with Crippen LogP contribution in [0, 0.1) is 11.6 Å². The summed E-state index contributed by atoms with van der Waals surface area (Å²) in [6.07, 6.45) is 4.91. The molecule has 3 aromatic rings. The number of anilines is 3. The summed E-state index contributed by atoms with van der Waals surface area (Å²) in [4.78, 5) is 19.1. The van der Waals surface area contributed by atoms with Crippen molar-refractivity contribution in [3.05, 3.63) is 41.7 Å². The van der Waals surface area contributed by atoms with Crippen molar-refractivity contribution >= 4 is 33.8 Å². The van der Waals surface area contributed by atoms with Crippen LogP contribution in [-0.2, 0) is 7.05 Å². The Balaban J connectivity index is 0.00000132. The largest absolute Gasteiger partial charge is 0.389 e. The van der Waals surface area contributed by atoms with E-state index in [2.05, 4.69) is 26.0 Å². The Hall–Kier alpha value is -3.05. The SMILES string of the molecule is CN.Cn1ncc(NC(=O)c2nc(-c3c(F)cccc3F)sc2N)c1N1CCCCC1. The quantitative estimate of drug-likeness (QED) is 0.563. The molecule has 31 heavy (non-hydrogen) atoms. The highest BCUT2D eigenvalue weighted by molar-refractivity contribution is 7.19. The highest BCUT2D eigenvalue weighted by atomic mass is 32.1. The van der Waals surface area contributed by atoms with Crippen molar-refractivity contribution in [2.24, 2.45) is 12.8 Å². The van der Waals surface area contributed by atoms with Gasteiger partial charge in [0.15, 0.2) is 11.5 Å². The Morgan fingerprint density at radius 2 is 1.81 bits per heavy atom. The maximum Gasteiger partial charge on any atom is 0.277 e. The molecule has 1 fully saturated rings. The second-order valence-electron chi connectivity index (χ2n) is 6.84. The van der Waals surface area contributed by atoms with E-state index in [1.807, 2.05) is 7.05 Å². The Kier molecular flexibility index (Phi) is 7.18. The van der Waals surface area contributed by atoms with Crippen LogP contribution in [0.1, 0.15) is 29.8 Å². The van der Waals surface area contributed by atoms with Gasteiger partial charge >= 0.3 is 0 Å². The third-order valence-corrected chi connectivity index (χ3v) is 5.76. The number of nitrogen functional groups attached to an aromatic ring is 1. The van der Waals surface area contributed by atoms with Crippen LogP contribution in [0.4, 0.5) is 25.3 Å². The Labute approximate surface area is 182 Å². The molecule has 8 nitrogen and oxygen atoms in total. The third kappa shape index (κ3) is 4.67. The van der Waals surface area contributed by atoms with Gasteiger partial charge in [0.05, 0.1) is 11.8 Å². The fourth-order valence-corrected chi connectivity index (χ4v) is 4.36. The van der Waals surface area contributed by atoms with Crippen LogP contribution in [0.3, 0.4) is 0 Å². The van der Waals surface area contributed by atoms with Gasteiger partial charge in [-0.25, -0.2) is 13.8 Å². The minimum absolute atomic E-state index is 0.0192. The van der Waals surface area contributed by atoms with Crippen LogP contribution >= 0.6 is 11.3 Å². The first-order chi connectivity index (χ1) is 15.0. The molecule has 4 rings (SSSR count). The molecular weight excluding hydrogens is 424 g/mol. The van der Waals surface area contributed by atoms with Crippen LogP contribution in [0.25, 0.3) is 10.6 Å². The number of nitrogens with two attached hydrogens (primary N) is 2. The van der Waals surface area contributed by atoms with Crippen molar-refractivity contribution in [3.8, 4) is 10.6 Å². The molecule has 1 aliphatic rings. The first kappa shape index (κ1) is 22.6. The van der Waals surface area contributed by atoms with Gasteiger partial charge in [0.2, 0.25) is 0 Å². The smallest absolute Gasteiger partial charge is 0.277 e. The van der Waals surface area contributed by atoms with Crippen LogP contribution in [-0.4, -0.2) is 40.8 Å². The fraction of sp³-hybridized carbons (Fsp3) is 0.350. The summed E-state index contributed by atoms with van der Waals surface area (Å²) in [5.74, 6) is -1.25. The van der Waals surface area contributed by atoms with Gasteiger partial charge in [-0.1, -0.05) is 17.4 Å². The van der Waals surface area contributed by atoms with Gasteiger partial charge in [-0.3, -0.25) is 9.48 Å². The molecule has 1 amide bonds. The number of aryl methyl sites for hydroxylation is 1. The fourth-order valence-electron chi connectivity index (χ4n) is 3.49. The summed E-state index contributed by atoms with van der Waals surface area (Å²) in [7, 11) is 3.32. The number of halogens is 2. The van der Waals surface area contributed by atoms with E-state index in [4.69, 9.17) is 5.73 Å². The zero-order chi connectivity index (χ0) is 22.5. The first-order valence-corrected chi connectivity index (χ1v) is 10.6. The molecular formula is C20H25F2N7OS. The maximum absolute atomic E-state index is 14.1. The van der Waals surface area contributed by atoms with E-state index < -0.39 is 17.5 Å². The molecule has 0 aliphatic carbocycles. The first-order valence-electron chi connectivity index (χ1n) is 9.82. The number of piperidine rings is 1. The molecule has 0 spiro atoms. The second-order valence-corrected chi connectivity index (χ2v) is 7.87. The number of rotatable bonds is 4. The van der Waals surface area contributed by atoms with Gasteiger partial charge in [-0.2, -0.15) is 5.10 Å². The summed E-state index contributed by atoms with van der Waals surface area (Å²) in [5.41, 5.74) is 10.6. The lowest BCUT2D eigenvalue weighted by molar-refractivity contribution is 0.102. The van der Waals surface area contributed by atoms with E-state index in [1.54, 1.807) is 10.9 Å². The van der Waals surface area contributed by atoms with Gasteiger partial charge in [0.25, 0.3) is 5.91 Å². The Morgan fingerprint density at radius 1 is 1.16 bits per heavy atom. The lowest BCUT2D eigenvalue weighted by Gasteiger charge is -2.29. The average molecular weight is 450 g/mol. The highest BCUT2D eigenvalue weighted by Gasteiger charge is 2.24. The standard InChI is InChI=1S/C19H20F2N6OS.CH5N/c1-26-19(27-8-3-2-4-9-27)13(10-23-26)24-17(28)15-16(22)29-18(25-15)14-11(20)6-5-7-12(14)21;1-2/h5-7,10H,2-4,8-9,22H2,1H3,(H,24,28);2H2,1H3. The van der Waals surface area contributed by atoms with E-state index in [0.29, 0.717) is 5.69 Å². The summed E-state index contributed by atoms with van der Waals surface area (Å²) >= 11 is 0.867. The molecule has 0 atom stereocenters. The predicted molar refractivity (Wildman–Crippen MR) is 119 cm³/mol. The maximum atomic E-state index is 14.1. The normalized spacial score (nSPS) is 13.5. The number of hydrogen-bond donors (Lipinski definition) is 3. The number of nitrogens with one attached hydrogen (secondary N) is 1. The third-order valence-electron chi connectivity index (χ3n) is 4.86. The zero-order valence-corrected chi connectivity index (χ0v) is 18.2. The molecule has 1 aromatic carbocycles. The lowest BCUT2D eigenvalue weighted by Crippen LogP contribution is -2.32. The molecule has 0 saturated carbocycles. The Bertz CT molecular complexity index is 1040. The number of amides is 1. The number of carbonyl (C=O) groups is 1. The topological polar surface area (TPSA) is 115 Å². The number of aromatic nitrogens is 3. The van der Waals surface area contributed by atoms with E-state index >= 15 is 0 Å². The minimum Gasteiger partial charge on any atom is -0.389 e. The molecule has 11 heteroatoms. The van der Waals surface area contributed by atoms with Crippen LogP contribution in [0.2, 0.25) is 0 Å². The van der Waals surface area contributed by atoms with Gasteiger partial charge in [-0.15, -0.1) is 0 Å². The average Bonchev–Trinajstić information content (AvgIpc) is 3.32. The minimum atomic E-state index is -0.759. The number of nitrogens with zero attached hydrogens (tertiary/aromatic N) is 4. The lowest BCUT2D eigenvalue weighted by atomic mass is 10.1. The second kappa shape index (κ2) is 9.84. The van der Waals surface area contributed by atoms with E-state index in [-0.39, 0.29) is 21.3 Å². The van der Waals surface area contributed by atoms with E-state index in [0.717, 1.165) is 55.2 Å². The zero-order valence-electron chi connectivity index (χ0n) is 17.4. The van der Waals surface area contributed by atoms with Gasteiger partial charge < -0.3 is 21.7 Å². The van der Waals surface area contributed by atoms with Crippen molar-refractivity contribution < 1.29 is 13.6 Å². The van der Waals surface area contributed by atoms with E-state index in [1.165, 1.54) is 19.5 Å². The number of benzene rings is 1. The predicted octanol–water partition coefficient (Wildman–Crippen LogP) is 3.22. The van der Waals surface area contributed by atoms with Crippen LogP contribution in [0.15, 0.2) is 24.4 Å². The molecule has 2 aromatic heterocycles. The van der Waals surface area contributed by atoms with Crippen LogP contribution < -0.4 is 21.7 Å². The van der Waals surface area contributed by atoms with Gasteiger partial charge in [-0.05, 0) is 38.4 Å². The summed E-state index contributed by atoms with van der Waals surface area (Å²) in [5, 5.41) is 7.15. The van der Waals surface area contributed by atoms with Crippen molar-refractivity contribution in [2.75, 3.05) is 36.1 Å². The number of thiazole rings is 1.